The van der Waals surface area contributed by atoms with Gasteiger partial charge in [0.2, 0.25) is 0 Å². The van der Waals surface area contributed by atoms with Crippen molar-refractivity contribution in [2.45, 2.75) is 24.4 Å². The molecule has 0 saturated heterocycles. The van der Waals surface area contributed by atoms with Gasteiger partial charge in [-0.05, 0) is 0 Å². The molecule has 13 heteroatoms. The topological polar surface area (TPSA) is 165 Å². The number of halogens is 3. The quantitative estimate of drug-likeness (QED) is 0.198. The lowest BCUT2D eigenvalue weighted by molar-refractivity contribution is -0.149. The molecule has 4 atom stereocenters. The molecule has 10 nitrogen and oxygen atoms in total. The summed E-state index contributed by atoms with van der Waals surface area (Å²) in [5.41, 5.74) is 0. The molecule has 0 aliphatic rings. The fourth-order valence-corrected chi connectivity index (χ4v) is 0.924. The first-order valence-electron chi connectivity index (χ1n) is 4.90. The molecule has 0 unspecified atom stereocenters. The molecule has 5 N–H and O–H groups in total. The molecule has 124 valence electrons. The normalized spacial score (nSPS) is 15.6. The molecule has 0 heterocycles. The Hall–Kier alpha value is -0.720. The Morgan fingerprint density at radius 1 is 1.14 bits per heavy atom. The maximum absolute atomic E-state index is 10.2. The first-order chi connectivity index (χ1) is 9.63. The van der Waals surface area contributed by atoms with Crippen LogP contribution < -0.4 is 0 Å². The fourth-order valence-electron chi connectivity index (χ4n) is 0.720. The number of carbonyl (C=O) groups excluding carboxylic acids is 3. The van der Waals surface area contributed by atoms with Crippen LogP contribution >= 0.6 is 35.4 Å². The van der Waals surface area contributed by atoms with Gasteiger partial charge >= 0.3 is 11.9 Å². The SMILES string of the molecule is O=C(OCl)C(=O)N(Cl)Cl.O=C[C@@H](O)[C@@H](O)[C@H](O)[C@H](O)CO. The third-order valence-corrected chi connectivity index (χ3v) is 2.27. The average molecular weight is 373 g/mol. The maximum Gasteiger partial charge on any atom is 0.417 e. The van der Waals surface area contributed by atoms with Gasteiger partial charge in [-0.3, -0.25) is 4.79 Å². The van der Waals surface area contributed by atoms with Crippen LogP contribution in [-0.4, -0.2) is 78.7 Å². The summed E-state index contributed by atoms with van der Waals surface area (Å²) in [6.07, 6.45) is -6.84. The average Bonchev–Trinajstić information content (AvgIpc) is 2.50. The monoisotopic (exact) mass is 371 g/mol. The van der Waals surface area contributed by atoms with Gasteiger partial charge in [0.25, 0.3) is 0 Å². The second-order valence-corrected chi connectivity index (χ2v) is 4.26. The second kappa shape index (κ2) is 11.9. The number of rotatable bonds is 5. The number of nitrogens with zero attached hydrogens (tertiary/aromatic N) is 1. The minimum Gasteiger partial charge on any atom is -0.394 e. The van der Waals surface area contributed by atoms with Crippen molar-refractivity contribution in [2.24, 2.45) is 0 Å². The Kier molecular flexibility index (Phi) is 12.8. The molecule has 0 rings (SSSR count). The zero-order valence-corrected chi connectivity index (χ0v) is 12.3. The van der Waals surface area contributed by atoms with Crippen LogP contribution in [0, 0.1) is 0 Å². The van der Waals surface area contributed by atoms with Crippen molar-refractivity contribution >= 4 is 53.6 Å². The van der Waals surface area contributed by atoms with Crippen LogP contribution in [0.4, 0.5) is 0 Å². The zero-order chi connectivity index (χ0) is 17.2. The third kappa shape index (κ3) is 9.01. The van der Waals surface area contributed by atoms with E-state index in [2.05, 4.69) is 16.2 Å². The van der Waals surface area contributed by atoms with Crippen molar-refractivity contribution in [3.8, 4) is 0 Å². The van der Waals surface area contributed by atoms with Crippen LogP contribution in [0.15, 0.2) is 0 Å². The molecule has 21 heavy (non-hydrogen) atoms. The van der Waals surface area contributed by atoms with Crippen LogP contribution in [-0.2, 0) is 18.7 Å². The fraction of sp³-hybridized carbons (Fsp3) is 0.625. The predicted octanol–water partition coefficient (Wildman–Crippen LogP) is -2.56. The summed E-state index contributed by atoms with van der Waals surface area (Å²) in [5, 5.41) is 43.5. The van der Waals surface area contributed by atoms with Gasteiger partial charge in [0.1, 0.15) is 36.3 Å². The van der Waals surface area contributed by atoms with E-state index in [-0.39, 0.29) is 10.2 Å². The molecule has 0 aliphatic heterocycles. The molecule has 0 bridgehead atoms. The van der Waals surface area contributed by atoms with E-state index in [1.807, 2.05) is 0 Å². The lowest BCUT2D eigenvalue weighted by atomic mass is 10.0. The summed E-state index contributed by atoms with van der Waals surface area (Å²) in [6, 6.07) is 0. The summed E-state index contributed by atoms with van der Waals surface area (Å²) < 4.78 is 3.47. The number of aliphatic hydroxyl groups excluding tert-OH is 5. The van der Waals surface area contributed by atoms with E-state index in [1.54, 1.807) is 0 Å². The number of aliphatic hydroxyl groups is 5. The van der Waals surface area contributed by atoms with E-state index in [0.717, 1.165) is 0 Å². The predicted molar refractivity (Wildman–Crippen MR) is 67.7 cm³/mol. The van der Waals surface area contributed by atoms with Crippen molar-refractivity contribution in [1.29, 1.82) is 0 Å². The number of hydrogen-bond donors (Lipinski definition) is 5. The minimum absolute atomic E-state index is 0.0186. The smallest absolute Gasteiger partial charge is 0.394 e. The Morgan fingerprint density at radius 2 is 1.62 bits per heavy atom. The van der Waals surface area contributed by atoms with Gasteiger partial charge in [-0.2, -0.15) is 0 Å². The van der Waals surface area contributed by atoms with E-state index < -0.39 is 42.9 Å². The molecule has 0 spiro atoms. The first kappa shape index (κ1) is 22.6. The van der Waals surface area contributed by atoms with Crippen molar-refractivity contribution in [1.82, 2.24) is 3.94 Å². The molecule has 0 fully saturated rings. The molecule has 1 amide bonds. The van der Waals surface area contributed by atoms with E-state index in [9.17, 15) is 14.4 Å². The number of aldehydes is 1. The Balaban J connectivity index is 0. The van der Waals surface area contributed by atoms with Crippen LogP contribution in [0.25, 0.3) is 0 Å². The summed E-state index contributed by atoms with van der Waals surface area (Å²) in [7, 11) is 0. The molecule has 0 saturated carbocycles. The summed E-state index contributed by atoms with van der Waals surface area (Å²) >= 11 is 14.1. The molecular weight excluding hydrogens is 360 g/mol. The number of amides is 1. The van der Waals surface area contributed by atoms with Gasteiger partial charge in [0, 0.05) is 23.6 Å². The zero-order valence-electron chi connectivity index (χ0n) is 10.0. The van der Waals surface area contributed by atoms with Crippen LogP contribution in [0.2, 0.25) is 0 Å². The number of hydrogen-bond acceptors (Lipinski definition) is 9. The summed E-state index contributed by atoms with van der Waals surface area (Å²) in [6.45, 7) is -0.760. The van der Waals surface area contributed by atoms with Gasteiger partial charge in [-0.1, -0.05) is 0 Å². The van der Waals surface area contributed by atoms with Gasteiger partial charge in [0.15, 0.2) is 6.29 Å². The number of carbonyl (C=O) groups is 3. The second-order valence-electron chi connectivity index (χ2n) is 3.26. The standard InChI is InChI=1S/C6H12O6.C2Cl3NO3/c7-1-3(9)5(11)6(12)4(10)2-8;3-6(4)1(7)2(8)9-5/h1,3-6,8-12H,2H2;/t3-,4-,5-,6-;/m1./s1. The largest absolute Gasteiger partial charge is 0.417 e. The molecule has 0 aromatic rings. The lowest BCUT2D eigenvalue weighted by Crippen LogP contribution is -2.46. The van der Waals surface area contributed by atoms with Gasteiger partial charge in [-0.15, -0.1) is 3.94 Å². The Morgan fingerprint density at radius 3 is 1.86 bits per heavy atom. The van der Waals surface area contributed by atoms with Crippen molar-refractivity contribution < 1.29 is 44.2 Å². The highest BCUT2D eigenvalue weighted by atomic mass is 35.5. The highest BCUT2D eigenvalue weighted by Gasteiger charge is 2.29. The summed E-state index contributed by atoms with van der Waals surface area (Å²) in [4.78, 5) is 30.1. The Labute approximate surface area is 133 Å². The van der Waals surface area contributed by atoms with E-state index >= 15 is 0 Å². The van der Waals surface area contributed by atoms with Gasteiger partial charge in [0.05, 0.1) is 6.61 Å². The van der Waals surface area contributed by atoms with Crippen molar-refractivity contribution in [2.75, 3.05) is 6.61 Å². The maximum atomic E-state index is 10.2. The Bertz CT molecular complexity index is 343. The molecule has 0 aliphatic carbocycles. The van der Waals surface area contributed by atoms with Gasteiger partial charge < -0.3 is 34.6 Å². The summed E-state index contributed by atoms with van der Waals surface area (Å²) in [5.74, 6) is -2.57. The van der Waals surface area contributed by atoms with Crippen LogP contribution in [0.5, 0.6) is 0 Å². The first-order valence-corrected chi connectivity index (χ1v) is 5.89. The van der Waals surface area contributed by atoms with E-state index in [4.69, 9.17) is 49.1 Å². The van der Waals surface area contributed by atoms with Gasteiger partial charge in [-0.25, -0.2) is 4.79 Å². The molecule has 0 aromatic carbocycles. The lowest BCUT2D eigenvalue weighted by Gasteiger charge is -2.22. The van der Waals surface area contributed by atoms with Crippen LogP contribution in [0.3, 0.4) is 0 Å². The van der Waals surface area contributed by atoms with E-state index in [1.165, 1.54) is 0 Å². The van der Waals surface area contributed by atoms with Crippen LogP contribution in [0.1, 0.15) is 0 Å². The van der Waals surface area contributed by atoms with Crippen molar-refractivity contribution in [3.63, 3.8) is 0 Å². The molecule has 0 aromatic heterocycles. The van der Waals surface area contributed by atoms with E-state index in [0.29, 0.717) is 0 Å². The molecular formula is C8H12Cl3NO9. The minimum atomic E-state index is -1.79. The highest BCUT2D eigenvalue weighted by Crippen LogP contribution is 2.03. The highest BCUT2D eigenvalue weighted by molar-refractivity contribution is 6.52. The third-order valence-electron chi connectivity index (χ3n) is 1.82. The van der Waals surface area contributed by atoms with Crippen molar-refractivity contribution in [3.05, 3.63) is 0 Å². The molecule has 0 radical (unpaired) electrons.